The highest BCUT2D eigenvalue weighted by molar-refractivity contribution is 14.1. The smallest absolute Gasteiger partial charge is 0.252 e. The molecular formula is C15H16ClIN2OS. The number of thiazole rings is 1. The second-order valence-corrected chi connectivity index (χ2v) is 7.26. The van der Waals surface area contributed by atoms with Crippen molar-refractivity contribution in [3.8, 4) is 0 Å². The van der Waals surface area contributed by atoms with E-state index >= 15 is 0 Å². The van der Waals surface area contributed by atoms with Crippen LogP contribution in [-0.2, 0) is 6.42 Å². The monoisotopic (exact) mass is 434 g/mol. The molecule has 1 N–H and O–H groups in total. The van der Waals surface area contributed by atoms with Gasteiger partial charge in [0.2, 0.25) is 0 Å². The number of hydrogen-bond donors (Lipinski definition) is 1. The van der Waals surface area contributed by atoms with E-state index in [4.69, 9.17) is 11.6 Å². The van der Waals surface area contributed by atoms with Crippen molar-refractivity contribution in [1.29, 1.82) is 0 Å². The van der Waals surface area contributed by atoms with Gasteiger partial charge in [0.25, 0.3) is 5.91 Å². The Kier molecular flexibility index (Phi) is 6.44. The molecule has 1 heterocycles. The number of carbonyl (C=O) groups excluding carboxylic acids is 1. The van der Waals surface area contributed by atoms with Crippen LogP contribution in [0.25, 0.3) is 0 Å². The summed E-state index contributed by atoms with van der Waals surface area (Å²) in [4.78, 5) is 16.5. The highest BCUT2D eigenvalue weighted by Crippen LogP contribution is 2.18. The molecule has 0 radical (unpaired) electrons. The quantitative estimate of drug-likeness (QED) is 0.539. The number of carbonyl (C=O) groups is 1. The van der Waals surface area contributed by atoms with Gasteiger partial charge in [0.05, 0.1) is 10.6 Å². The van der Waals surface area contributed by atoms with Crippen LogP contribution < -0.4 is 5.32 Å². The van der Waals surface area contributed by atoms with Gasteiger partial charge >= 0.3 is 0 Å². The maximum Gasteiger partial charge on any atom is 0.252 e. The molecule has 0 unspecified atom stereocenters. The van der Waals surface area contributed by atoms with Gasteiger partial charge in [-0.05, 0) is 67.0 Å². The number of unbranched alkanes of at least 4 members (excludes halogenated alkanes) is 1. The van der Waals surface area contributed by atoms with E-state index in [2.05, 4.69) is 38.3 Å². The van der Waals surface area contributed by atoms with Crippen LogP contribution in [0.1, 0.15) is 33.9 Å². The van der Waals surface area contributed by atoms with Gasteiger partial charge in [0.15, 0.2) is 0 Å². The third-order valence-electron chi connectivity index (χ3n) is 2.95. The lowest BCUT2D eigenvalue weighted by Gasteiger charge is -2.07. The fraction of sp³-hybridized carbons (Fsp3) is 0.333. The number of aromatic nitrogens is 1. The predicted molar refractivity (Wildman–Crippen MR) is 96.3 cm³/mol. The Morgan fingerprint density at radius 3 is 2.90 bits per heavy atom. The molecule has 0 saturated carbocycles. The van der Waals surface area contributed by atoms with Gasteiger partial charge in [-0.15, -0.1) is 11.3 Å². The fourth-order valence-electron chi connectivity index (χ4n) is 1.89. The molecule has 2 aromatic rings. The second-order valence-electron chi connectivity index (χ2n) is 4.72. The van der Waals surface area contributed by atoms with Gasteiger partial charge in [-0.2, -0.15) is 0 Å². The summed E-state index contributed by atoms with van der Waals surface area (Å²) in [7, 11) is 0. The van der Waals surface area contributed by atoms with Crippen LogP contribution in [0.5, 0.6) is 0 Å². The summed E-state index contributed by atoms with van der Waals surface area (Å²) in [5, 5.41) is 6.84. The van der Waals surface area contributed by atoms with Gasteiger partial charge in [0, 0.05) is 26.2 Å². The lowest BCUT2D eigenvalue weighted by molar-refractivity contribution is 0.0952. The predicted octanol–water partition coefficient (Wildman–Crippen LogP) is 4.46. The largest absolute Gasteiger partial charge is 0.352 e. The Balaban J connectivity index is 1.72. The Bertz CT molecular complexity index is 630. The zero-order chi connectivity index (χ0) is 15.2. The Labute approximate surface area is 147 Å². The van der Waals surface area contributed by atoms with E-state index in [1.807, 2.05) is 6.92 Å². The Hall–Kier alpha value is -0.660. The van der Waals surface area contributed by atoms with Gasteiger partial charge in [-0.1, -0.05) is 11.6 Å². The molecule has 0 atom stereocenters. The van der Waals surface area contributed by atoms with Crippen molar-refractivity contribution in [2.45, 2.75) is 26.2 Å². The van der Waals surface area contributed by atoms with Crippen molar-refractivity contribution < 1.29 is 4.79 Å². The van der Waals surface area contributed by atoms with Crippen LogP contribution in [0, 0.1) is 10.5 Å². The topological polar surface area (TPSA) is 42.0 Å². The summed E-state index contributed by atoms with van der Waals surface area (Å²) in [5.41, 5.74) is 1.76. The van der Waals surface area contributed by atoms with E-state index in [1.54, 1.807) is 29.5 Å². The standard InChI is InChI=1S/C15H16ClIN2OS/c1-10-9-21-14(19-10)4-2-3-7-18-15(20)12-6-5-11(16)8-13(12)17/h5-6,8-9H,2-4,7H2,1H3,(H,18,20). The van der Waals surface area contributed by atoms with Crippen LogP contribution in [0.15, 0.2) is 23.6 Å². The second kappa shape index (κ2) is 8.10. The first-order valence-corrected chi connectivity index (χ1v) is 9.04. The minimum atomic E-state index is -0.0406. The van der Waals surface area contributed by atoms with Crippen molar-refractivity contribution in [3.05, 3.63) is 48.4 Å². The molecule has 1 amide bonds. The summed E-state index contributed by atoms with van der Waals surface area (Å²) < 4.78 is 0.871. The molecule has 3 nitrogen and oxygen atoms in total. The maximum absolute atomic E-state index is 12.0. The lowest BCUT2D eigenvalue weighted by atomic mass is 10.2. The minimum absolute atomic E-state index is 0.0406. The van der Waals surface area contributed by atoms with Gasteiger partial charge < -0.3 is 5.32 Å². The third kappa shape index (κ3) is 5.23. The summed E-state index contributed by atoms with van der Waals surface area (Å²) in [6, 6.07) is 5.29. The van der Waals surface area contributed by atoms with E-state index in [0.29, 0.717) is 17.1 Å². The Morgan fingerprint density at radius 2 is 2.24 bits per heavy atom. The summed E-state index contributed by atoms with van der Waals surface area (Å²) in [5.74, 6) is -0.0406. The van der Waals surface area contributed by atoms with Gasteiger partial charge in [-0.3, -0.25) is 4.79 Å². The highest BCUT2D eigenvalue weighted by Gasteiger charge is 2.09. The molecule has 6 heteroatoms. The zero-order valence-corrected chi connectivity index (χ0v) is 15.4. The first kappa shape index (κ1) is 16.7. The molecule has 0 saturated heterocycles. The molecule has 1 aromatic carbocycles. The molecule has 21 heavy (non-hydrogen) atoms. The van der Waals surface area contributed by atoms with Gasteiger partial charge in [0.1, 0.15) is 0 Å². The number of nitrogens with one attached hydrogen (secondary N) is 1. The fourth-order valence-corrected chi connectivity index (χ4v) is 3.82. The molecule has 1 aromatic heterocycles. The molecule has 0 aliphatic heterocycles. The van der Waals surface area contributed by atoms with Crippen LogP contribution in [-0.4, -0.2) is 17.4 Å². The molecule has 112 valence electrons. The molecule has 0 aliphatic rings. The molecule has 0 fully saturated rings. The Morgan fingerprint density at radius 1 is 1.43 bits per heavy atom. The number of amides is 1. The number of aryl methyl sites for hydroxylation is 2. The van der Waals surface area contributed by atoms with E-state index in [9.17, 15) is 4.79 Å². The van der Waals surface area contributed by atoms with Crippen LogP contribution in [0.3, 0.4) is 0 Å². The average molecular weight is 435 g/mol. The molecule has 0 aliphatic carbocycles. The number of rotatable bonds is 6. The van der Waals surface area contributed by atoms with E-state index < -0.39 is 0 Å². The maximum atomic E-state index is 12.0. The highest BCUT2D eigenvalue weighted by atomic mass is 127. The number of nitrogens with zero attached hydrogens (tertiary/aromatic N) is 1. The average Bonchev–Trinajstić information content (AvgIpc) is 2.84. The van der Waals surface area contributed by atoms with Crippen LogP contribution in [0.2, 0.25) is 5.02 Å². The lowest BCUT2D eigenvalue weighted by Crippen LogP contribution is -2.25. The number of halogens is 2. The molecule has 0 spiro atoms. The normalized spacial score (nSPS) is 10.6. The summed E-state index contributed by atoms with van der Waals surface area (Å²) >= 11 is 9.72. The molecular weight excluding hydrogens is 419 g/mol. The van der Waals surface area contributed by atoms with Crippen LogP contribution >= 0.6 is 45.5 Å². The first-order valence-electron chi connectivity index (χ1n) is 6.70. The number of hydrogen-bond acceptors (Lipinski definition) is 3. The minimum Gasteiger partial charge on any atom is -0.352 e. The first-order chi connectivity index (χ1) is 10.1. The third-order valence-corrected chi connectivity index (χ3v) is 5.10. The van der Waals surface area contributed by atoms with Crippen molar-refractivity contribution in [1.82, 2.24) is 10.3 Å². The summed E-state index contributed by atoms with van der Waals surface area (Å²) in [6.45, 7) is 2.69. The van der Waals surface area contributed by atoms with Crippen molar-refractivity contribution in [2.75, 3.05) is 6.54 Å². The molecule has 0 bridgehead atoms. The zero-order valence-electron chi connectivity index (χ0n) is 11.7. The van der Waals surface area contributed by atoms with Crippen molar-refractivity contribution in [3.63, 3.8) is 0 Å². The van der Waals surface area contributed by atoms with Gasteiger partial charge in [-0.25, -0.2) is 4.98 Å². The van der Waals surface area contributed by atoms with Crippen molar-refractivity contribution >= 4 is 51.4 Å². The molecule has 2 rings (SSSR count). The number of benzene rings is 1. The summed E-state index contributed by atoms with van der Waals surface area (Å²) in [6.07, 6.45) is 2.96. The SMILES string of the molecule is Cc1csc(CCCCNC(=O)c2ccc(Cl)cc2I)n1. The van der Waals surface area contributed by atoms with Crippen LogP contribution in [0.4, 0.5) is 0 Å². The van der Waals surface area contributed by atoms with E-state index in [-0.39, 0.29) is 5.91 Å². The van der Waals surface area contributed by atoms with Crippen molar-refractivity contribution in [2.24, 2.45) is 0 Å². The van der Waals surface area contributed by atoms with E-state index in [1.165, 1.54) is 5.01 Å². The van der Waals surface area contributed by atoms with E-state index in [0.717, 1.165) is 28.5 Å².